The maximum absolute atomic E-state index is 11.8. The number of carboxylic acids is 1. The zero-order valence-electron chi connectivity index (χ0n) is 11.2. The first-order valence-corrected chi connectivity index (χ1v) is 9.21. The van der Waals surface area contributed by atoms with Crippen LogP contribution in [-0.2, 0) is 24.8 Å². The summed E-state index contributed by atoms with van der Waals surface area (Å²) in [6, 6.07) is -1.46. The fraction of sp³-hybridized carbons (Fsp3) is 0.889. The Morgan fingerprint density at radius 2 is 1.68 bits per heavy atom. The number of nitrogens with zero attached hydrogens (tertiary/aromatic N) is 1. The Labute approximate surface area is 113 Å². The predicted octanol–water partition coefficient (Wildman–Crippen LogP) is -0.949. The van der Waals surface area contributed by atoms with Gasteiger partial charge >= 0.3 is 5.97 Å². The van der Waals surface area contributed by atoms with E-state index < -0.39 is 37.8 Å². The van der Waals surface area contributed by atoms with Crippen LogP contribution in [0.25, 0.3) is 0 Å². The molecule has 0 saturated carbocycles. The highest BCUT2D eigenvalue weighted by molar-refractivity contribution is 7.90. The molecule has 0 rings (SSSR count). The quantitative estimate of drug-likeness (QED) is 0.566. The van der Waals surface area contributed by atoms with E-state index in [-0.39, 0.29) is 19.5 Å². The third-order valence-corrected chi connectivity index (χ3v) is 5.17. The molecule has 1 unspecified atom stereocenters. The van der Waals surface area contributed by atoms with Crippen LogP contribution in [0.3, 0.4) is 0 Å². The van der Waals surface area contributed by atoms with Crippen molar-refractivity contribution in [2.45, 2.75) is 26.3 Å². The van der Waals surface area contributed by atoms with Gasteiger partial charge < -0.3 is 5.11 Å². The van der Waals surface area contributed by atoms with Crippen molar-refractivity contribution < 1.29 is 26.7 Å². The number of carbonyl (C=O) groups is 1. The van der Waals surface area contributed by atoms with E-state index in [4.69, 9.17) is 5.11 Å². The van der Waals surface area contributed by atoms with Crippen LogP contribution in [0.1, 0.15) is 20.3 Å². The number of rotatable bonds is 9. The topological polar surface area (TPSA) is 121 Å². The summed E-state index contributed by atoms with van der Waals surface area (Å²) in [5.41, 5.74) is 0. The van der Waals surface area contributed by atoms with Crippen LogP contribution in [0.5, 0.6) is 0 Å². The summed E-state index contributed by atoms with van der Waals surface area (Å²) >= 11 is 0. The third kappa shape index (κ3) is 6.85. The first-order chi connectivity index (χ1) is 8.53. The highest BCUT2D eigenvalue weighted by atomic mass is 32.2. The average Bonchev–Trinajstić information content (AvgIpc) is 2.23. The van der Waals surface area contributed by atoms with Crippen molar-refractivity contribution in [1.29, 1.82) is 0 Å². The van der Waals surface area contributed by atoms with Crippen molar-refractivity contribution in [3.63, 3.8) is 0 Å². The van der Waals surface area contributed by atoms with Gasteiger partial charge in [-0.05, 0) is 6.42 Å². The molecule has 0 aliphatic carbocycles. The minimum absolute atomic E-state index is 0.199. The highest BCUT2D eigenvalue weighted by Crippen LogP contribution is 2.03. The van der Waals surface area contributed by atoms with E-state index in [0.29, 0.717) is 0 Å². The predicted molar refractivity (Wildman–Crippen MR) is 70.7 cm³/mol. The maximum Gasteiger partial charge on any atom is 0.321 e. The Balaban J connectivity index is 4.90. The normalized spacial score (nSPS) is 14.5. The van der Waals surface area contributed by atoms with Gasteiger partial charge in [-0.15, -0.1) is 0 Å². The molecule has 0 fully saturated rings. The zero-order chi connectivity index (χ0) is 15.3. The van der Waals surface area contributed by atoms with Gasteiger partial charge in [0.25, 0.3) is 10.2 Å². The molecule has 0 spiro atoms. The molecule has 0 aromatic rings. The average molecular weight is 316 g/mol. The Bertz CT molecular complexity index is 495. The van der Waals surface area contributed by atoms with E-state index >= 15 is 0 Å². The highest BCUT2D eigenvalue weighted by Gasteiger charge is 2.28. The lowest BCUT2D eigenvalue weighted by Gasteiger charge is -2.22. The Morgan fingerprint density at radius 3 is 2.00 bits per heavy atom. The van der Waals surface area contributed by atoms with Crippen molar-refractivity contribution >= 4 is 26.0 Å². The molecule has 0 aliphatic heterocycles. The smallest absolute Gasteiger partial charge is 0.321 e. The van der Waals surface area contributed by atoms with Gasteiger partial charge in [-0.2, -0.15) is 17.4 Å². The molecule has 1 atom stereocenters. The summed E-state index contributed by atoms with van der Waals surface area (Å²) in [6.45, 7) is 3.64. The molecule has 0 heterocycles. The molecule has 0 radical (unpaired) electrons. The number of hydrogen-bond acceptors (Lipinski definition) is 5. The Kier molecular flexibility index (Phi) is 6.91. The van der Waals surface area contributed by atoms with Crippen LogP contribution >= 0.6 is 0 Å². The minimum atomic E-state index is -3.93. The molecule has 0 amide bonds. The molecule has 19 heavy (non-hydrogen) atoms. The molecule has 10 heteroatoms. The molecule has 8 nitrogen and oxygen atoms in total. The van der Waals surface area contributed by atoms with Crippen molar-refractivity contribution in [2.24, 2.45) is 0 Å². The summed E-state index contributed by atoms with van der Waals surface area (Å²) in [4.78, 5) is 11.0. The van der Waals surface area contributed by atoms with Crippen LogP contribution in [0, 0.1) is 0 Å². The van der Waals surface area contributed by atoms with E-state index in [2.05, 4.69) is 0 Å². The lowest BCUT2D eigenvalue weighted by atomic mass is 10.2. The SMILES string of the molecule is CCN(CC)S(=O)(=O)NC(CCS(C)(=O)=O)C(=O)O. The van der Waals surface area contributed by atoms with Gasteiger partial charge in [0, 0.05) is 19.3 Å². The number of aliphatic carboxylic acids is 1. The van der Waals surface area contributed by atoms with Gasteiger partial charge in [0.1, 0.15) is 15.9 Å². The van der Waals surface area contributed by atoms with Crippen LogP contribution in [0.2, 0.25) is 0 Å². The van der Waals surface area contributed by atoms with Crippen LogP contribution in [-0.4, -0.2) is 63.4 Å². The minimum Gasteiger partial charge on any atom is -0.480 e. The number of nitrogens with one attached hydrogen (secondary N) is 1. The zero-order valence-corrected chi connectivity index (χ0v) is 12.8. The first-order valence-electron chi connectivity index (χ1n) is 5.71. The molecule has 0 aliphatic rings. The third-order valence-electron chi connectivity index (χ3n) is 2.41. The van der Waals surface area contributed by atoms with Gasteiger partial charge in [-0.1, -0.05) is 13.8 Å². The fourth-order valence-electron chi connectivity index (χ4n) is 1.38. The summed E-state index contributed by atoms with van der Waals surface area (Å²) in [5, 5.41) is 8.92. The van der Waals surface area contributed by atoms with E-state index in [1.165, 1.54) is 0 Å². The summed E-state index contributed by atoms with van der Waals surface area (Å²) in [6.07, 6.45) is 0.652. The van der Waals surface area contributed by atoms with E-state index in [1.54, 1.807) is 13.8 Å². The maximum atomic E-state index is 11.8. The largest absolute Gasteiger partial charge is 0.480 e. The van der Waals surface area contributed by atoms with Gasteiger partial charge in [0.2, 0.25) is 0 Å². The van der Waals surface area contributed by atoms with Crippen molar-refractivity contribution in [3.05, 3.63) is 0 Å². The van der Waals surface area contributed by atoms with Crippen molar-refractivity contribution in [1.82, 2.24) is 9.03 Å². The van der Waals surface area contributed by atoms with Gasteiger partial charge in [0.05, 0.1) is 5.75 Å². The standard InChI is InChI=1S/C9H20N2O6S2/c1-4-11(5-2)19(16,17)10-8(9(12)13)6-7-18(3,14)15/h8,10H,4-7H2,1-3H3,(H,12,13). The second kappa shape index (κ2) is 7.17. The van der Waals surface area contributed by atoms with E-state index in [0.717, 1.165) is 10.6 Å². The van der Waals surface area contributed by atoms with Gasteiger partial charge in [-0.3, -0.25) is 4.79 Å². The summed E-state index contributed by atoms with van der Waals surface area (Å²) < 4.78 is 48.7. The van der Waals surface area contributed by atoms with Crippen LogP contribution in [0.15, 0.2) is 0 Å². The second-order valence-electron chi connectivity index (χ2n) is 4.02. The number of sulfone groups is 1. The molecule has 0 saturated heterocycles. The Morgan fingerprint density at radius 1 is 1.21 bits per heavy atom. The van der Waals surface area contributed by atoms with Crippen molar-refractivity contribution in [2.75, 3.05) is 25.1 Å². The number of carboxylic acid groups (broad SMARTS) is 1. The van der Waals surface area contributed by atoms with Crippen LogP contribution < -0.4 is 4.72 Å². The van der Waals surface area contributed by atoms with Gasteiger partial charge in [0.15, 0.2) is 0 Å². The second-order valence-corrected chi connectivity index (χ2v) is 7.98. The van der Waals surface area contributed by atoms with Crippen molar-refractivity contribution in [3.8, 4) is 0 Å². The van der Waals surface area contributed by atoms with E-state index in [9.17, 15) is 21.6 Å². The molecule has 2 N–H and O–H groups in total. The molecule has 0 aromatic carbocycles. The fourth-order valence-corrected chi connectivity index (χ4v) is 3.45. The molecule has 0 bridgehead atoms. The molecule has 0 aromatic heterocycles. The van der Waals surface area contributed by atoms with E-state index in [1.807, 2.05) is 4.72 Å². The van der Waals surface area contributed by atoms with Crippen LogP contribution in [0.4, 0.5) is 0 Å². The lowest BCUT2D eigenvalue weighted by molar-refractivity contribution is -0.139. The molecular formula is C9H20N2O6S2. The number of hydrogen-bond donors (Lipinski definition) is 2. The monoisotopic (exact) mass is 316 g/mol. The Hall–Kier alpha value is -0.710. The molecule has 114 valence electrons. The summed E-state index contributed by atoms with van der Waals surface area (Å²) in [7, 11) is -7.28. The molecular weight excluding hydrogens is 296 g/mol. The van der Waals surface area contributed by atoms with Gasteiger partial charge in [-0.25, -0.2) is 8.42 Å². The lowest BCUT2D eigenvalue weighted by Crippen LogP contribution is -2.48. The first kappa shape index (κ1) is 18.3. The summed E-state index contributed by atoms with van der Waals surface area (Å²) in [5.74, 6) is -1.80.